The van der Waals surface area contributed by atoms with Gasteiger partial charge in [-0.15, -0.1) is 59.7 Å². The SMILES string of the molecule is Cc1ccnc(-c2[c-]cccc2)c1.[2H]c1c(C([2H])(C)C)cnc(-c2[c-]ccc3c2sc2ccccc23)c1[2H].[Ir]. The molecule has 0 atom stereocenters. The minimum absolute atomic E-state index is 0. The van der Waals surface area contributed by atoms with Crippen LogP contribution in [0, 0.1) is 19.1 Å². The molecule has 0 spiro atoms. The van der Waals surface area contributed by atoms with E-state index in [0.29, 0.717) is 11.3 Å². The molecule has 0 unspecified atom stereocenters. The first kappa shape index (κ1) is 22.1. The first-order valence-electron chi connectivity index (χ1n) is 12.9. The largest absolute Gasteiger partial charge is 0.305 e. The number of thiophene rings is 1. The average Bonchev–Trinajstić information content (AvgIpc) is 3.30. The summed E-state index contributed by atoms with van der Waals surface area (Å²) in [6.45, 7) is 5.48. The Balaban J connectivity index is 0.000000213. The van der Waals surface area contributed by atoms with Gasteiger partial charge in [-0.2, -0.15) is 11.3 Å². The third-order valence-corrected chi connectivity index (χ3v) is 6.86. The van der Waals surface area contributed by atoms with Gasteiger partial charge in [0.05, 0.1) is 2.74 Å². The van der Waals surface area contributed by atoms with Gasteiger partial charge in [0, 0.05) is 38.6 Å². The van der Waals surface area contributed by atoms with Crippen molar-refractivity contribution in [3.63, 3.8) is 0 Å². The van der Waals surface area contributed by atoms with Crippen molar-refractivity contribution in [2.45, 2.75) is 26.7 Å². The number of hydrogen-bond acceptors (Lipinski definition) is 3. The molecule has 0 amide bonds. The molecule has 3 aromatic carbocycles. The number of rotatable bonds is 3. The summed E-state index contributed by atoms with van der Waals surface area (Å²) in [7, 11) is 0. The third kappa shape index (κ3) is 5.63. The zero-order chi connectivity index (χ0) is 26.9. The Morgan fingerprint density at radius 2 is 1.72 bits per heavy atom. The first-order chi connectivity index (χ1) is 18.2. The molecule has 181 valence electrons. The second kappa shape index (κ2) is 11.7. The van der Waals surface area contributed by atoms with Gasteiger partial charge >= 0.3 is 0 Å². The van der Waals surface area contributed by atoms with Crippen LogP contribution in [0.5, 0.6) is 0 Å². The van der Waals surface area contributed by atoms with Crippen molar-refractivity contribution in [3.05, 3.63) is 121 Å². The minimum atomic E-state index is -0.953. The van der Waals surface area contributed by atoms with Crippen LogP contribution in [0.1, 0.15) is 35.0 Å². The number of hydrogen-bond donors (Lipinski definition) is 0. The molecule has 0 saturated heterocycles. The van der Waals surface area contributed by atoms with E-state index < -0.39 is 5.89 Å². The fraction of sp³-hybridized carbons (Fsp3) is 0.125. The number of benzene rings is 3. The molecule has 0 aliphatic heterocycles. The molecule has 0 saturated carbocycles. The summed E-state index contributed by atoms with van der Waals surface area (Å²) in [6, 6.07) is 30.5. The van der Waals surface area contributed by atoms with Crippen LogP contribution in [0.4, 0.5) is 0 Å². The molecule has 1 radical (unpaired) electrons. The first-order valence-corrected chi connectivity index (χ1v) is 12.2. The van der Waals surface area contributed by atoms with Crippen LogP contribution >= 0.6 is 11.3 Å². The smallest absolute Gasteiger partial charge is 0.0619 e. The van der Waals surface area contributed by atoms with Crippen LogP contribution < -0.4 is 0 Å². The van der Waals surface area contributed by atoms with Crippen molar-refractivity contribution in [2.75, 3.05) is 0 Å². The van der Waals surface area contributed by atoms with Gasteiger partial charge in [0.2, 0.25) is 0 Å². The van der Waals surface area contributed by atoms with Crippen molar-refractivity contribution < 1.29 is 24.2 Å². The summed E-state index contributed by atoms with van der Waals surface area (Å²) in [5.74, 6) is -0.953. The number of nitrogens with zero attached hydrogens (tertiary/aromatic N) is 2. The van der Waals surface area contributed by atoms with Crippen LogP contribution in [0.3, 0.4) is 0 Å². The summed E-state index contributed by atoms with van der Waals surface area (Å²) in [6.07, 6.45) is 3.38. The number of aryl methyl sites for hydroxylation is 1. The van der Waals surface area contributed by atoms with E-state index in [0.717, 1.165) is 26.9 Å². The van der Waals surface area contributed by atoms with Gasteiger partial charge in [0.1, 0.15) is 0 Å². The Labute approximate surface area is 234 Å². The fourth-order valence-electron chi connectivity index (χ4n) is 3.80. The predicted octanol–water partition coefficient (Wildman–Crippen LogP) is 8.89. The molecule has 3 heterocycles. The zero-order valence-corrected chi connectivity index (χ0v) is 23.4. The van der Waals surface area contributed by atoms with Crippen LogP contribution in [0.25, 0.3) is 42.7 Å². The molecule has 4 heteroatoms. The number of aromatic nitrogens is 2. The maximum atomic E-state index is 8.41. The molecule has 0 fully saturated rings. The van der Waals surface area contributed by atoms with E-state index in [2.05, 4.69) is 47.2 Å². The molecule has 0 aliphatic carbocycles. The van der Waals surface area contributed by atoms with E-state index in [9.17, 15) is 0 Å². The van der Waals surface area contributed by atoms with Crippen molar-refractivity contribution in [2.24, 2.45) is 0 Å². The summed E-state index contributed by atoms with van der Waals surface area (Å²) in [5, 5.41) is 2.30. The summed E-state index contributed by atoms with van der Waals surface area (Å²) >= 11 is 1.65. The topological polar surface area (TPSA) is 25.8 Å². The normalized spacial score (nSPS) is 12.1. The summed E-state index contributed by atoms with van der Waals surface area (Å²) in [4.78, 5) is 8.72. The Morgan fingerprint density at radius 1 is 0.889 bits per heavy atom. The second-order valence-electron chi connectivity index (χ2n) is 8.46. The van der Waals surface area contributed by atoms with Crippen LogP contribution in [0.2, 0.25) is 0 Å². The van der Waals surface area contributed by atoms with Crippen LogP contribution in [0.15, 0.2) is 97.3 Å². The summed E-state index contributed by atoms with van der Waals surface area (Å²) < 4.78 is 27.1. The zero-order valence-electron chi connectivity index (χ0n) is 23.2. The van der Waals surface area contributed by atoms with Gasteiger partial charge in [-0.25, -0.2) is 0 Å². The average molecular weight is 666 g/mol. The van der Waals surface area contributed by atoms with Gasteiger partial charge < -0.3 is 9.97 Å². The standard InChI is InChI=1S/C20H16NS.C12H10N.Ir/c1-13(2)14-10-11-18(21-12-14)17-8-5-7-16-15-6-3-4-9-19(15)22-20(16)17;1-10-7-8-13-12(9-10)11-5-3-2-4-6-11;/h3-7,9-13H,1-2H3;2-5,7-9H,1H3;/q2*-1;/i10D,11D,13D;;. The minimum Gasteiger partial charge on any atom is -0.305 e. The molecule has 0 bridgehead atoms. The Bertz CT molecular complexity index is 1740. The van der Waals surface area contributed by atoms with E-state index in [4.69, 9.17) is 4.11 Å². The Kier molecular flexibility index (Phi) is 7.18. The van der Waals surface area contributed by atoms with Gasteiger partial charge in [0.25, 0.3) is 0 Å². The second-order valence-corrected chi connectivity index (χ2v) is 9.51. The maximum Gasteiger partial charge on any atom is 0.0619 e. The van der Waals surface area contributed by atoms with E-state index in [1.54, 1.807) is 31.4 Å². The number of pyridine rings is 2. The van der Waals surface area contributed by atoms with Crippen molar-refractivity contribution in [3.8, 4) is 22.5 Å². The van der Waals surface area contributed by atoms with Crippen LogP contribution in [-0.4, -0.2) is 9.97 Å². The van der Waals surface area contributed by atoms with E-state index in [-0.39, 0.29) is 32.2 Å². The molecule has 6 aromatic rings. The van der Waals surface area contributed by atoms with Crippen molar-refractivity contribution >= 4 is 31.5 Å². The maximum absolute atomic E-state index is 8.41. The molecule has 6 rings (SSSR count). The van der Waals surface area contributed by atoms with Gasteiger partial charge in [-0.05, 0) is 52.0 Å². The van der Waals surface area contributed by atoms with E-state index in [1.165, 1.54) is 15.6 Å². The van der Waals surface area contributed by atoms with Gasteiger partial charge in [-0.3, -0.25) is 0 Å². The molecule has 36 heavy (non-hydrogen) atoms. The monoisotopic (exact) mass is 666 g/mol. The quantitative estimate of drug-likeness (QED) is 0.177. The van der Waals surface area contributed by atoms with E-state index >= 15 is 0 Å². The van der Waals surface area contributed by atoms with Gasteiger partial charge in [0.15, 0.2) is 0 Å². The van der Waals surface area contributed by atoms with Gasteiger partial charge in [-0.1, -0.05) is 61.1 Å². The molecule has 0 aliphatic rings. The van der Waals surface area contributed by atoms with Crippen molar-refractivity contribution in [1.82, 2.24) is 9.97 Å². The fourth-order valence-corrected chi connectivity index (χ4v) is 5.00. The van der Waals surface area contributed by atoms with E-state index in [1.807, 2.05) is 60.8 Å². The Morgan fingerprint density at radius 3 is 2.50 bits per heavy atom. The molecule has 3 aromatic heterocycles. The van der Waals surface area contributed by atoms with Crippen LogP contribution in [-0.2, 0) is 20.1 Å². The molecule has 0 N–H and O–H groups in total. The predicted molar refractivity (Wildman–Crippen MR) is 149 cm³/mol. The molecular weight excluding hydrogens is 637 g/mol. The Hall–Kier alpha value is -3.17. The number of fused-ring (bicyclic) bond motifs is 3. The van der Waals surface area contributed by atoms with Crippen molar-refractivity contribution in [1.29, 1.82) is 0 Å². The third-order valence-electron chi connectivity index (χ3n) is 5.65. The molecule has 2 nitrogen and oxygen atoms in total. The molecular formula is C32H26IrN2S-2. The summed E-state index contributed by atoms with van der Waals surface area (Å²) in [5.41, 5.74) is 4.93.